The standard InChI is InChI=1S/C14H10ClFN2O/c1-19-13-5-3-10(6-7-17)18-14(13)9-2-4-12(16)11(15)8-9/h2-5,8H,6H2,1H3. The lowest BCUT2D eigenvalue weighted by molar-refractivity contribution is 0.414. The molecule has 0 fully saturated rings. The second-order valence-electron chi connectivity index (χ2n) is 3.82. The molecule has 3 nitrogen and oxygen atoms in total. The highest BCUT2D eigenvalue weighted by molar-refractivity contribution is 6.31. The molecule has 0 spiro atoms. The van der Waals surface area contributed by atoms with Gasteiger partial charge in [0.15, 0.2) is 0 Å². The van der Waals surface area contributed by atoms with Crippen molar-refractivity contribution in [2.24, 2.45) is 0 Å². The monoisotopic (exact) mass is 276 g/mol. The molecule has 19 heavy (non-hydrogen) atoms. The van der Waals surface area contributed by atoms with Crippen LogP contribution in [0.5, 0.6) is 5.75 Å². The number of benzene rings is 1. The molecule has 0 atom stereocenters. The predicted molar refractivity (Wildman–Crippen MR) is 70.5 cm³/mol. The Morgan fingerprint density at radius 2 is 2.16 bits per heavy atom. The van der Waals surface area contributed by atoms with Crippen LogP contribution in [-0.4, -0.2) is 12.1 Å². The average Bonchev–Trinajstić information content (AvgIpc) is 2.42. The number of rotatable bonds is 3. The van der Waals surface area contributed by atoms with Gasteiger partial charge < -0.3 is 4.74 Å². The molecule has 0 aliphatic heterocycles. The molecule has 0 aliphatic rings. The van der Waals surface area contributed by atoms with E-state index < -0.39 is 5.82 Å². The van der Waals surface area contributed by atoms with Gasteiger partial charge in [0.1, 0.15) is 17.3 Å². The molecule has 0 saturated carbocycles. The van der Waals surface area contributed by atoms with E-state index in [1.165, 1.54) is 19.2 Å². The summed E-state index contributed by atoms with van der Waals surface area (Å²) < 4.78 is 18.4. The maximum atomic E-state index is 13.2. The van der Waals surface area contributed by atoms with Crippen molar-refractivity contribution in [2.45, 2.75) is 6.42 Å². The summed E-state index contributed by atoms with van der Waals surface area (Å²) in [5.41, 5.74) is 1.80. The van der Waals surface area contributed by atoms with Gasteiger partial charge in [0.05, 0.1) is 30.3 Å². The Bertz CT molecular complexity index is 652. The first kappa shape index (κ1) is 13.3. The van der Waals surface area contributed by atoms with Crippen LogP contribution in [0.4, 0.5) is 4.39 Å². The quantitative estimate of drug-likeness (QED) is 0.860. The smallest absolute Gasteiger partial charge is 0.145 e. The molecule has 0 aliphatic carbocycles. The van der Waals surface area contributed by atoms with Crippen molar-refractivity contribution in [3.05, 3.63) is 46.9 Å². The molecule has 2 rings (SSSR count). The number of nitrogens with zero attached hydrogens (tertiary/aromatic N) is 2. The van der Waals surface area contributed by atoms with Gasteiger partial charge in [-0.1, -0.05) is 11.6 Å². The number of aromatic nitrogens is 1. The molecule has 2 aromatic rings. The molecule has 0 saturated heterocycles. The second-order valence-corrected chi connectivity index (χ2v) is 4.22. The Kier molecular flexibility index (Phi) is 3.98. The van der Waals surface area contributed by atoms with Gasteiger partial charge in [0.2, 0.25) is 0 Å². The molecule has 0 bridgehead atoms. The molecular weight excluding hydrogens is 267 g/mol. The lowest BCUT2D eigenvalue weighted by Crippen LogP contribution is -1.96. The lowest BCUT2D eigenvalue weighted by atomic mass is 10.1. The Morgan fingerprint density at radius 1 is 1.37 bits per heavy atom. The summed E-state index contributed by atoms with van der Waals surface area (Å²) in [6.45, 7) is 0. The van der Waals surface area contributed by atoms with E-state index in [1.54, 1.807) is 18.2 Å². The van der Waals surface area contributed by atoms with Crippen molar-refractivity contribution < 1.29 is 9.13 Å². The Morgan fingerprint density at radius 3 is 2.79 bits per heavy atom. The van der Waals surface area contributed by atoms with Crippen molar-refractivity contribution in [2.75, 3.05) is 7.11 Å². The van der Waals surface area contributed by atoms with E-state index in [1.807, 2.05) is 6.07 Å². The molecule has 0 N–H and O–H groups in total. The topological polar surface area (TPSA) is 45.9 Å². The van der Waals surface area contributed by atoms with E-state index in [9.17, 15) is 4.39 Å². The zero-order valence-electron chi connectivity index (χ0n) is 10.2. The fraction of sp³-hybridized carbons (Fsp3) is 0.143. The highest BCUT2D eigenvalue weighted by atomic mass is 35.5. The first-order chi connectivity index (χ1) is 9.15. The maximum absolute atomic E-state index is 13.2. The van der Waals surface area contributed by atoms with Crippen LogP contribution < -0.4 is 4.74 Å². The van der Waals surface area contributed by atoms with Gasteiger partial charge in [-0.05, 0) is 30.3 Å². The SMILES string of the molecule is COc1ccc(CC#N)nc1-c1ccc(F)c(Cl)c1. The molecule has 0 radical (unpaired) electrons. The molecule has 0 unspecified atom stereocenters. The highest BCUT2D eigenvalue weighted by Gasteiger charge is 2.11. The zero-order chi connectivity index (χ0) is 13.8. The van der Waals surface area contributed by atoms with Crippen LogP contribution in [0.2, 0.25) is 5.02 Å². The van der Waals surface area contributed by atoms with E-state index in [-0.39, 0.29) is 11.4 Å². The third-order valence-corrected chi connectivity index (χ3v) is 2.88. The second kappa shape index (κ2) is 5.68. The summed E-state index contributed by atoms with van der Waals surface area (Å²) >= 11 is 5.76. The van der Waals surface area contributed by atoms with Crippen LogP contribution in [0.1, 0.15) is 5.69 Å². The normalized spacial score (nSPS) is 10.0. The highest BCUT2D eigenvalue weighted by Crippen LogP contribution is 2.30. The number of halogens is 2. The summed E-state index contributed by atoms with van der Waals surface area (Å²) in [6.07, 6.45) is 0.200. The molecule has 0 amide bonds. The van der Waals surface area contributed by atoms with Crippen LogP contribution >= 0.6 is 11.6 Å². The Labute approximate surface area is 115 Å². The fourth-order valence-electron chi connectivity index (χ4n) is 1.68. The number of hydrogen-bond donors (Lipinski definition) is 0. The number of methoxy groups -OCH3 is 1. The molecule has 5 heteroatoms. The summed E-state index contributed by atoms with van der Waals surface area (Å²) in [6, 6.07) is 9.81. The third-order valence-electron chi connectivity index (χ3n) is 2.59. The summed E-state index contributed by atoms with van der Waals surface area (Å²) in [5, 5.41) is 8.72. The van der Waals surface area contributed by atoms with Gasteiger partial charge in [-0.2, -0.15) is 5.26 Å². The van der Waals surface area contributed by atoms with Crippen LogP contribution in [0.15, 0.2) is 30.3 Å². The van der Waals surface area contributed by atoms with Gasteiger partial charge in [-0.25, -0.2) is 9.37 Å². The molecule has 1 aromatic carbocycles. The van der Waals surface area contributed by atoms with Gasteiger partial charge in [0, 0.05) is 5.56 Å². The summed E-state index contributed by atoms with van der Waals surface area (Å²) in [7, 11) is 1.52. The Hall–Kier alpha value is -2.12. The van der Waals surface area contributed by atoms with E-state index in [0.29, 0.717) is 22.7 Å². The van der Waals surface area contributed by atoms with E-state index >= 15 is 0 Å². The van der Waals surface area contributed by atoms with Crippen molar-refractivity contribution in [3.63, 3.8) is 0 Å². The molecule has 1 aromatic heterocycles. The van der Waals surface area contributed by atoms with Gasteiger partial charge >= 0.3 is 0 Å². The predicted octanol–water partition coefficient (Wildman–Crippen LogP) is 3.62. The third kappa shape index (κ3) is 2.83. The van der Waals surface area contributed by atoms with Crippen molar-refractivity contribution >= 4 is 11.6 Å². The van der Waals surface area contributed by atoms with Crippen molar-refractivity contribution in [1.29, 1.82) is 5.26 Å². The van der Waals surface area contributed by atoms with Crippen molar-refractivity contribution in [1.82, 2.24) is 4.98 Å². The van der Waals surface area contributed by atoms with Gasteiger partial charge in [-0.3, -0.25) is 0 Å². The van der Waals surface area contributed by atoms with Gasteiger partial charge in [0.25, 0.3) is 0 Å². The lowest BCUT2D eigenvalue weighted by Gasteiger charge is -2.09. The number of hydrogen-bond acceptors (Lipinski definition) is 3. The number of pyridine rings is 1. The first-order valence-electron chi connectivity index (χ1n) is 5.52. The Balaban J connectivity index is 2.55. The minimum atomic E-state index is -0.488. The van der Waals surface area contributed by atoms with Crippen LogP contribution in [-0.2, 0) is 6.42 Å². The average molecular weight is 277 g/mol. The first-order valence-corrected chi connectivity index (χ1v) is 5.89. The summed E-state index contributed by atoms with van der Waals surface area (Å²) in [4.78, 5) is 4.35. The van der Waals surface area contributed by atoms with Crippen molar-refractivity contribution in [3.8, 4) is 23.1 Å². The molecular formula is C14H10ClFN2O. The van der Waals surface area contributed by atoms with Gasteiger partial charge in [-0.15, -0.1) is 0 Å². The maximum Gasteiger partial charge on any atom is 0.145 e. The van der Waals surface area contributed by atoms with E-state index in [2.05, 4.69) is 4.98 Å². The molecule has 96 valence electrons. The number of ether oxygens (including phenoxy) is 1. The zero-order valence-corrected chi connectivity index (χ0v) is 10.9. The van der Waals surface area contributed by atoms with Crippen LogP contribution in [0.25, 0.3) is 11.3 Å². The van der Waals surface area contributed by atoms with E-state index in [0.717, 1.165) is 0 Å². The largest absolute Gasteiger partial charge is 0.494 e. The summed E-state index contributed by atoms with van der Waals surface area (Å²) in [5.74, 6) is 0.0573. The number of nitriles is 1. The van der Waals surface area contributed by atoms with E-state index in [4.69, 9.17) is 21.6 Å². The minimum absolute atomic E-state index is 0.0204. The molecule has 1 heterocycles. The van der Waals surface area contributed by atoms with Crippen LogP contribution in [0.3, 0.4) is 0 Å². The fourth-order valence-corrected chi connectivity index (χ4v) is 1.86. The minimum Gasteiger partial charge on any atom is -0.494 e. The van der Waals surface area contributed by atoms with Crippen LogP contribution in [0, 0.1) is 17.1 Å².